The topological polar surface area (TPSA) is 46.2 Å². The average Bonchev–Trinajstić information content (AvgIpc) is 2.21. The maximum absolute atomic E-state index is 11.7. The monoisotopic (exact) mass is 277 g/mol. The first-order valence-electron chi connectivity index (χ1n) is 7.16. The van der Waals surface area contributed by atoms with Crippen LogP contribution in [0.15, 0.2) is 0 Å². The van der Waals surface area contributed by atoms with E-state index in [1.165, 1.54) is 0 Å². The van der Waals surface area contributed by atoms with Crippen molar-refractivity contribution in [2.75, 3.05) is 18.1 Å². The second-order valence-electron chi connectivity index (χ2n) is 6.17. The summed E-state index contributed by atoms with van der Waals surface area (Å²) >= 11 is 0. The van der Waals surface area contributed by atoms with Gasteiger partial charge in [0.05, 0.1) is 5.75 Å². The van der Waals surface area contributed by atoms with E-state index in [2.05, 4.69) is 33.0 Å². The number of nitrogens with one attached hydrogen (secondary N) is 1. The van der Waals surface area contributed by atoms with Crippen molar-refractivity contribution < 1.29 is 8.42 Å². The zero-order chi connectivity index (χ0) is 14.2. The Kier molecular flexibility index (Phi) is 8.11. The molecule has 0 heterocycles. The first-order chi connectivity index (χ1) is 8.23. The predicted octanol–water partition coefficient (Wildman–Crippen LogP) is 3.01. The number of sulfone groups is 1. The Bertz CT molecular complexity index is 304. The van der Waals surface area contributed by atoms with Crippen LogP contribution in [-0.2, 0) is 9.84 Å². The first kappa shape index (κ1) is 17.9. The highest BCUT2D eigenvalue weighted by Gasteiger charge is 2.24. The van der Waals surface area contributed by atoms with Gasteiger partial charge in [-0.25, -0.2) is 8.42 Å². The Balaban J connectivity index is 4.20. The third kappa shape index (κ3) is 8.09. The third-order valence-corrected chi connectivity index (χ3v) is 5.09. The molecule has 3 nitrogen and oxygen atoms in total. The highest BCUT2D eigenvalue weighted by Crippen LogP contribution is 2.23. The summed E-state index contributed by atoms with van der Waals surface area (Å²) < 4.78 is 23.3. The van der Waals surface area contributed by atoms with Gasteiger partial charge in [-0.2, -0.15) is 0 Å². The molecule has 0 spiro atoms. The van der Waals surface area contributed by atoms with Crippen molar-refractivity contribution >= 4 is 9.84 Å². The smallest absolute Gasteiger partial charge is 0.150 e. The number of hydrogen-bond donors (Lipinski definition) is 1. The SMILES string of the molecule is CCCNC(CCCS(=O)(=O)CCC)C(C)(C)C. The van der Waals surface area contributed by atoms with E-state index < -0.39 is 9.84 Å². The average molecular weight is 277 g/mol. The molecule has 0 aromatic rings. The van der Waals surface area contributed by atoms with E-state index in [-0.39, 0.29) is 5.41 Å². The van der Waals surface area contributed by atoms with Gasteiger partial charge in [0.25, 0.3) is 0 Å². The fourth-order valence-corrected chi connectivity index (χ4v) is 3.51. The van der Waals surface area contributed by atoms with Gasteiger partial charge in [-0.05, 0) is 37.6 Å². The van der Waals surface area contributed by atoms with E-state index in [1.807, 2.05) is 6.92 Å². The minimum absolute atomic E-state index is 0.184. The molecular formula is C14H31NO2S. The minimum Gasteiger partial charge on any atom is -0.313 e. The Morgan fingerprint density at radius 2 is 1.67 bits per heavy atom. The normalized spacial score (nSPS) is 14.7. The fraction of sp³-hybridized carbons (Fsp3) is 1.00. The van der Waals surface area contributed by atoms with Gasteiger partial charge in [0.1, 0.15) is 9.84 Å². The van der Waals surface area contributed by atoms with Crippen molar-refractivity contribution in [3.8, 4) is 0 Å². The summed E-state index contributed by atoms with van der Waals surface area (Å²) in [5, 5.41) is 3.53. The van der Waals surface area contributed by atoms with Crippen LogP contribution in [0.4, 0.5) is 0 Å². The van der Waals surface area contributed by atoms with Crippen molar-refractivity contribution in [2.45, 2.75) is 66.3 Å². The van der Waals surface area contributed by atoms with Gasteiger partial charge in [0.2, 0.25) is 0 Å². The molecule has 0 aromatic carbocycles. The van der Waals surface area contributed by atoms with Gasteiger partial charge >= 0.3 is 0 Å². The summed E-state index contributed by atoms with van der Waals surface area (Å²) in [6.45, 7) is 11.7. The van der Waals surface area contributed by atoms with Crippen molar-refractivity contribution in [1.82, 2.24) is 5.32 Å². The van der Waals surface area contributed by atoms with Gasteiger partial charge in [0, 0.05) is 11.8 Å². The van der Waals surface area contributed by atoms with Crippen LogP contribution in [-0.4, -0.2) is 32.5 Å². The predicted molar refractivity (Wildman–Crippen MR) is 79.7 cm³/mol. The Morgan fingerprint density at radius 1 is 1.06 bits per heavy atom. The molecule has 0 amide bonds. The van der Waals surface area contributed by atoms with Gasteiger partial charge < -0.3 is 5.32 Å². The van der Waals surface area contributed by atoms with Gasteiger partial charge in [0.15, 0.2) is 0 Å². The van der Waals surface area contributed by atoms with Gasteiger partial charge in [-0.3, -0.25) is 0 Å². The molecular weight excluding hydrogens is 246 g/mol. The Morgan fingerprint density at radius 3 is 2.11 bits per heavy atom. The summed E-state index contributed by atoms with van der Waals surface area (Å²) in [6.07, 6.45) is 3.53. The molecule has 0 bridgehead atoms. The summed E-state index contributed by atoms with van der Waals surface area (Å²) in [4.78, 5) is 0. The van der Waals surface area contributed by atoms with E-state index in [0.29, 0.717) is 17.5 Å². The molecule has 0 saturated heterocycles. The maximum atomic E-state index is 11.7. The molecule has 0 aromatic heterocycles. The van der Waals surface area contributed by atoms with E-state index in [9.17, 15) is 8.42 Å². The molecule has 0 aliphatic heterocycles. The van der Waals surface area contributed by atoms with E-state index in [1.54, 1.807) is 0 Å². The lowest BCUT2D eigenvalue weighted by molar-refractivity contribution is 0.254. The Labute approximate surface area is 114 Å². The van der Waals surface area contributed by atoms with Crippen molar-refractivity contribution in [3.05, 3.63) is 0 Å². The third-order valence-electron chi connectivity index (χ3n) is 3.15. The van der Waals surface area contributed by atoms with Crippen LogP contribution >= 0.6 is 0 Å². The minimum atomic E-state index is -2.82. The number of hydrogen-bond acceptors (Lipinski definition) is 3. The molecule has 4 heteroatoms. The second kappa shape index (κ2) is 8.16. The molecule has 110 valence electrons. The summed E-state index contributed by atoms with van der Waals surface area (Å²) in [5.41, 5.74) is 0.184. The van der Waals surface area contributed by atoms with Crippen molar-refractivity contribution in [1.29, 1.82) is 0 Å². The number of rotatable bonds is 9. The fourth-order valence-electron chi connectivity index (χ4n) is 2.08. The molecule has 0 radical (unpaired) electrons. The molecule has 18 heavy (non-hydrogen) atoms. The quantitative estimate of drug-likeness (QED) is 0.704. The molecule has 1 atom stereocenters. The highest BCUT2D eigenvalue weighted by atomic mass is 32.2. The van der Waals surface area contributed by atoms with Crippen LogP contribution in [0.25, 0.3) is 0 Å². The van der Waals surface area contributed by atoms with Crippen LogP contribution in [0.1, 0.15) is 60.3 Å². The van der Waals surface area contributed by atoms with Gasteiger partial charge in [-0.1, -0.05) is 34.6 Å². The highest BCUT2D eigenvalue weighted by molar-refractivity contribution is 7.91. The van der Waals surface area contributed by atoms with Crippen LogP contribution in [0.3, 0.4) is 0 Å². The van der Waals surface area contributed by atoms with Crippen LogP contribution in [0, 0.1) is 5.41 Å². The first-order valence-corrected chi connectivity index (χ1v) is 8.99. The summed E-state index contributed by atoms with van der Waals surface area (Å²) in [5.74, 6) is 0.663. The second-order valence-corrected chi connectivity index (χ2v) is 8.47. The van der Waals surface area contributed by atoms with Crippen LogP contribution in [0.2, 0.25) is 0 Å². The lowest BCUT2D eigenvalue weighted by Gasteiger charge is -2.31. The zero-order valence-corrected chi connectivity index (χ0v) is 13.6. The van der Waals surface area contributed by atoms with Gasteiger partial charge in [-0.15, -0.1) is 0 Å². The lowest BCUT2D eigenvalue weighted by atomic mass is 9.84. The van der Waals surface area contributed by atoms with Crippen molar-refractivity contribution in [3.63, 3.8) is 0 Å². The van der Waals surface area contributed by atoms with Crippen LogP contribution in [0.5, 0.6) is 0 Å². The van der Waals surface area contributed by atoms with Crippen molar-refractivity contribution in [2.24, 2.45) is 5.41 Å². The van der Waals surface area contributed by atoms with E-state index in [0.717, 1.165) is 32.2 Å². The lowest BCUT2D eigenvalue weighted by Crippen LogP contribution is -2.40. The Hall–Kier alpha value is -0.0900. The van der Waals surface area contributed by atoms with E-state index in [4.69, 9.17) is 0 Å². The summed E-state index contributed by atoms with van der Waals surface area (Å²) in [6, 6.07) is 0.397. The molecule has 0 aliphatic carbocycles. The molecule has 0 rings (SSSR count). The maximum Gasteiger partial charge on any atom is 0.150 e. The molecule has 0 fully saturated rings. The van der Waals surface area contributed by atoms with E-state index >= 15 is 0 Å². The molecule has 1 N–H and O–H groups in total. The summed E-state index contributed by atoms with van der Waals surface area (Å²) in [7, 11) is -2.82. The molecule has 1 unspecified atom stereocenters. The van der Waals surface area contributed by atoms with Crippen LogP contribution < -0.4 is 5.32 Å². The largest absolute Gasteiger partial charge is 0.313 e. The zero-order valence-electron chi connectivity index (χ0n) is 12.8. The molecule has 0 aliphatic rings. The standard InChI is InChI=1S/C14H31NO2S/c1-6-10-15-13(14(3,4)5)9-8-12-18(16,17)11-7-2/h13,15H,6-12H2,1-5H3. The molecule has 0 saturated carbocycles.